The highest BCUT2D eigenvalue weighted by molar-refractivity contribution is 5.36. The third-order valence-corrected chi connectivity index (χ3v) is 4.92. The van der Waals surface area contributed by atoms with Crippen molar-refractivity contribution >= 4 is 11.9 Å². The Morgan fingerprint density at radius 1 is 1.00 bits per heavy atom. The van der Waals surface area contributed by atoms with Crippen molar-refractivity contribution in [1.29, 1.82) is 0 Å². The number of hydrogen-bond acceptors (Lipinski definition) is 6. The minimum absolute atomic E-state index is 0.327. The minimum Gasteiger partial charge on any atom is -0.467 e. The van der Waals surface area contributed by atoms with Crippen molar-refractivity contribution in [3.8, 4) is 6.01 Å². The van der Waals surface area contributed by atoms with Crippen LogP contribution in [0.4, 0.5) is 11.9 Å². The van der Waals surface area contributed by atoms with Crippen LogP contribution in [0.15, 0.2) is 0 Å². The summed E-state index contributed by atoms with van der Waals surface area (Å²) in [7, 11) is 1.56. The molecule has 112 valence electrons. The van der Waals surface area contributed by atoms with Crippen molar-refractivity contribution < 1.29 is 4.74 Å². The van der Waals surface area contributed by atoms with Gasteiger partial charge in [0.05, 0.1) is 7.11 Å². The molecular formula is C14H25N5O. The Labute approximate surface area is 120 Å². The minimum atomic E-state index is 0.327. The van der Waals surface area contributed by atoms with Crippen molar-refractivity contribution in [3.63, 3.8) is 0 Å². The van der Waals surface area contributed by atoms with E-state index in [2.05, 4.69) is 53.3 Å². The second kappa shape index (κ2) is 5.07. The van der Waals surface area contributed by atoms with Crippen molar-refractivity contribution in [2.45, 2.75) is 34.6 Å². The highest BCUT2D eigenvalue weighted by Gasteiger charge is 2.64. The van der Waals surface area contributed by atoms with Crippen molar-refractivity contribution in [3.05, 3.63) is 0 Å². The van der Waals surface area contributed by atoms with E-state index in [0.717, 1.165) is 13.1 Å². The topological polar surface area (TPSA) is 72.0 Å². The molecule has 6 nitrogen and oxygen atoms in total. The molecule has 1 fully saturated rings. The molecule has 0 aliphatic heterocycles. The lowest BCUT2D eigenvalue weighted by molar-refractivity contribution is 0.379. The molecule has 0 amide bonds. The zero-order valence-corrected chi connectivity index (χ0v) is 13.2. The third kappa shape index (κ3) is 2.51. The van der Waals surface area contributed by atoms with E-state index in [1.807, 2.05) is 6.92 Å². The SMILES string of the molecule is CCNc1nc(NCC2C(C)(C)C2(C)C)nc(OC)n1. The van der Waals surface area contributed by atoms with Gasteiger partial charge in [-0.1, -0.05) is 27.7 Å². The number of anilines is 2. The molecule has 1 aromatic rings. The van der Waals surface area contributed by atoms with E-state index in [-0.39, 0.29) is 0 Å². The van der Waals surface area contributed by atoms with Gasteiger partial charge in [0.1, 0.15) is 0 Å². The van der Waals surface area contributed by atoms with E-state index in [1.54, 1.807) is 7.11 Å². The molecule has 0 spiro atoms. The van der Waals surface area contributed by atoms with E-state index in [9.17, 15) is 0 Å². The molecule has 0 atom stereocenters. The van der Waals surface area contributed by atoms with Crippen LogP contribution < -0.4 is 15.4 Å². The Morgan fingerprint density at radius 2 is 1.55 bits per heavy atom. The largest absolute Gasteiger partial charge is 0.467 e. The van der Waals surface area contributed by atoms with E-state index in [0.29, 0.717) is 34.7 Å². The van der Waals surface area contributed by atoms with Crippen LogP contribution in [0, 0.1) is 16.7 Å². The second-order valence-electron chi connectivity index (χ2n) is 6.38. The van der Waals surface area contributed by atoms with Gasteiger partial charge >= 0.3 is 6.01 Å². The summed E-state index contributed by atoms with van der Waals surface area (Å²) in [4.78, 5) is 12.7. The average Bonchev–Trinajstić information content (AvgIpc) is 2.77. The number of nitrogens with one attached hydrogen (secondary N) is 2. The molecule has 1 heterocycles. The third-order valence-electron chi connectivity index (χ3n) is 4.92. The predicted molar refractivity (Wildman–Crippen MR) is 80.1 cm³/mol. The van der Waals surface area contributed by atoms with Crippen LogP contribution in [-0.2, 0) is 0 Å². The fourth-order valence-electron chi connectivity index (χ4n) is 2.80. The molecule has 6 heteroatoms. The Morgan fingerprint density at radius 3 is 2.00 bits per heavy atom. The summed E-state index contributed by atoms with van der Waals surface area (Å²) < 4.78 is 5.10. The molecule has 1 aromatic heterocycles. The number of nitrogens with zero attached hydrogens (tertiary/aromatic N) is 3. The molecule has 2 N–H and O–H groups in total. The number of rotatable bonds is 6. The van der Waals surface area contributed by atoms with E-state index < -0.39 is 0 Å². The number of hydrogen-bond donors (Lipinski definition) is 2. The van der Waals surface area contributed by atoms with Gasteiger partial charge in [-0.25, -0.2) is 0 Å². The first-order valence-electron chi connectivity index (χ1n) is 7.10. The summed E-state index contributed by atoms with van der Waals surface area (Å²) in [5.41, 5.74) is 0.698. The van der Waals surface area contributed by atoms with Gasteiger partial charge in [0.15, 0.2) is 0 Å². The van der Waals surface area contributed by atoms with Crippen molar-refractivity contribution in [2.75, 3.05) is 30.8 Å². The summed E-state index contributed by atoms with van der Waals surface area (Å²) in [6.45, 7) is 12.8. The lowest BCUT2D eigenvalue weighted by Crippen LogP contribution is -2.13. The van der Waals surface area contributed by atoms with Crippen LogP contribution in [0.2, 0.25) is 0 Å². The smallest absolute Gasteiger partial charge is 0.322 e. The number of methoxy groups -OCH3 is 1. The normalized spacial score (nSPS) is 19.5. The molecule has 0 aromatic carbocycles. The summed E-state index contributed by atoms with van der Waals surface area (Å²) in [6.07, 6.45) is 0. The number of aromatic nitrogens is 3. The summed E-state index contributed by atoms with van der Waals surface area (Å²) in [5.74, 6) is 1.71. The zero-order chi connectivity index (χ0) is 15.0. The Hall–Kier alpha value is -1.59. The van der Waals surface area contributed by atoms with Gasteiger partial charge in [0, 0.05) is 13.1 Å². The first-order chi connectivity index (χ1) is 9.32. The number of ether oxygens (including phenoxy) is 1. The van der Waals surface area contributed by atoms with Gasteiger partial charge in [-0.05, 0) is 23.7 Å². The molecule has 1 saturated carbocycles. The van der Waals surface area contributed by atoms with Crippen LogP contribution in [0.25, 0.3) is 0 Å². The van der Waals surface area contributed by atoms with Gasteiger partial charge < -0.3 is 15.4 Å². The monoisotopic (exact) mass is 279 g/mol. The molecule has 0 bridgehead atoms. The Balaban J connectivity index is 2.05. The van der Waals surface area contributed by atoms with Crippen molar-refractivity contribution in [2.24, 2.45) is 16.7 Å². The second-order valence-corrected chi connectivity index (χ2v) is 6.38. The van der Waals surface area contributed by atoms with Gasteiger partial charge in [0.25, 0.3) is 0 Å². The van der Waals surface area contributed by atoms with Crippen LogP contribution in [0.5, 0.6) is 6.01 Å². The average molecular weight is 279 g/mol. The van der Waals surface area contributed by atoms with Crippen LogP contribution in [0.1, 0.15) is 34.6 Å². The fourth-order valence-corrected chi connectivity index (χ4v) is 2.80. The van der Waals surface area contributed by atoms with E-state index in [4.69, 9.17) is 4.74 Å². The first-order valence-corrected chi connectivity index (χ1v) is 7.10. The molecule has 0 unspecified atom stereocenters. The summed E-state index contributed by atoms with van der Waals surface area (Å²) >= 11 is 0. The van der Waals surface area contributed by atoms with E-state index >= 15 is 0 Å². The lowest BCUT2D eigenvalue weighted by Gasteiger charge is -2.09. The molecule has 2 rings (SSSR count). The lowest BCUT2D eigenvalue weighted by atomic mass is 10.0. The highest BCUT2D eigenvalue weighted by atomic mass is 16.5. The maximum Gasteiger partial charge on any atom is 0.322 e. The molecule has 0 saturated heterocycles. The highest BCUT2D eigenvalue weighted by Crippen LogP contribution is 2.68. The van der Waals surface area contributed by atoms with Crippen LogP contribution in [-0.4, -0.2) is 35.2 Å². The van der Waals surface area contributed by atoms with Gasteiger partial charge in [-0.2, -0.15) is 15.0 Å². The van der Waals surface area contributed by atoms with Crippen molar-refractivity contribution in [1.82, 2.24) is 15.0 Å². The van der Waals surface area contributed by atoms with Gasteiger partial charge in [-0.15, -0.1) is 0 Å². The molecule has 1 aliphatic rings. The Kier molecular flexibility index (Phi) is 3.75. The summed E-state index contributed by atoms with van der Waals surface area (Å²) in [5, 5.41) is 6.39. The van der Waals surface area contributed by atoms with E-state index in [1.165, 1.54) is 0 Å². The van der Waals surface area contributed by atoms with Gasteiger partial charge in [0.2, 0.25) is 11.9 Å². The molecular weight excluding hydrogens is 254 g/mol. The maximum atomic E-state index is 5.10. The molecule has 20 heavy (non-hydrogen) atoms. The van der Waals surface area contributed by atoms with Gasteiger partial charge in [-0.3, -0.25) is 0 Å². The predicted octanol–water partition coefficient (Wildman–Crippen LogP) is 2.41. The summed E-state index contributed by atoms with van der Waals surface area (Å²) in [6, 6.07) is 0.327. The molecule has 0 radical (unpaired) electrons. The quantitative estimate of drug-likeness (QED) is 0.833. The maximum absolute atomic E-state index is 5.10. The zero-order valence-electron chi connectivity index (χ0n) is 13.2. The first kappa shape index (κ1) is 14.8. The Bertz CT molecular complexity index is 472. The standard InChI is InChI=1S/C14H25N5O/c1-7-15-10-17-11(19-12(18-10)20-6)16-8-9-13(2,3)14(9,4)5/h9H,7-8H2,1-6H3,(H2,15,16,17,18,19). The molecule has 1 aliphatic carbocycles. The van der Waals surface area contributed by atoms with Crippen LogP contribution in [0.3, 0.4) is 0 Å². The van der Waals surface area contributed by atoms with Crippen LogP contribution >= 0.6 is 0 Å². The fraction of sp³-hybridized carbons (Fsp3) is 0.786.